The minimum Gasteiger partial charge on any atom is -0.484 e. The Balaban J connectivity index is 1.28. The summed E-state index contributed by atoms with van der Waals surface area (Å²) in [5.41, 5.74) is -0.352. The smallest absolute Gasteiger partial charge is 0.258 e. The number of nitrogens with zero attached hydrogens (tertiary/aromatic N) is 1. The first-order chi connectivity index (χ1) is 15.8. The summed E-state index contributed by atoms with van der Waals surface area (Å²) in [5.74, 6) is -0.899. The third-order valence-electron chi connectivity index (χ3n) is 6.86. The molecule has 0 saturated heterocycles. The van der Waals surface area contributed by atoms with Gasteiger partial charge in [0.15, 0.2) is 6.61 Å². The lowest BCUT2D eigenvalue weighted by Gasteiger charge is -2.55. The molecule has 1 aromatic carbocycles. The van der Waals surface area contributed by atoms with Gasteiger partial charge in [0.2, 0.25) is 5.91 Å². The molecule has 33 heavy (non-hydrogen) atoms. The van der Waals surface area contributed by atoms with Gasteiger partial charge in [0.1, 0.15) is 11.6 Å². The summed E-state index contributed by atoms with van der Waals surface area (Å²) in [6.45, 7) is 0.197. The van der Waals surface area contributed by atoms with Gasteiger partial charge in [0.05, 0.1) is 16.5 Å². The number of aliphatic hydroxyl groups is 1. The predicted octanol–water partition coefficient (Wildman–Crippen LogP) is 2.79. The molecular weight excluding hydrogens is 449 g/mol. The molecule has 7 nitrogen and oxygen atoms in total. The largest absolute Gasteiger partial charge is 0.484 e. The summed E-state index contributed by atoms with van der Waals surface area (Å²) in [6.07, 6.45) is 5.80. The number of amides is 2. The average molecular weight is 476 g/mol. The zero-order valence-corrected chi connectivity index (χ0v) is 18.9. The van der Waals surface area contributed by atoms with Crippen LogP contribution in [0.3, 0.4) is 0 Å². The Morgan fingerprint density at radius 3 is 2.70 bits per heavy atom. The Labute approximate surface area is 196 Å². The number of benzene rings is 1. The van der Waals surface area contributed by atoms with Gasteiger partial charge in [-0.2, -0.15) is 0 Å². The van der Waals surface area contributed by atoms with Crippen molar-refractivity contribution in [1.82, 2.24) is 15.6 Å². The second kappa shape index (κ2) is 9.65. The van der Waals surface area contributed by atoms with Crippen molar-refractivity contribution in [2.75, 3.05) is 13.2 Å². The molecule has 3 aliphatic carbocycles. The number of ether oxygens (including phenoxy) is 1. The highest BCUT2D eigenvalue weighted by atomic mass is 35.5. The fourth-order valence-corrected chi connectivity index (χ4v) is 5.04. The number of pyridine rings is 1. The molecule has 2 aromatic rings. The molecule has 9 heteroatoms. The lowest BCUT2D eigenvalue weighted by molar-refractivity contribution is -0.156. The van der Waals surface area contributed by atoms with Crippen molar-refractivity contribution in [2.24, 2.45) is 5.41 Å². The van der Waals surface area contributed by atoms with Crippen LogP contribution in [0.2, 0.25) is 5.02 Å². The van der Waals surface area contributed by atoms with Crippen LogP contribution in [0.4, 0.5) is 4.39 Å². The predicted molar refractivity (Wildman–Crippen MR) is 120 cm³/mol. The van der Waals surface area contributed by atoms with Gasteiger partial charge >= 0.3 is 0 Å². The van der Waals surface area contributed by atoms with Crippen molar-refractivity contribution in [3.05, 3.63) is 59.1 Å². The second-order valence-electron chi connectivity index (χ2n) is 8.94. The number of halogens is 2. The molecule has 1 atom stereocenters. The number of carbonyl (C=O) groups excluding carboxylic acids is 2. The molecule has 0 radical (unpaired) electrons. The summed E-state index contributed by atoms with van der Waals surface area (Å²) in [5, 5.41) is 16.8. The Bertz CT molecular complexity index is 1010. The molecule has 3 saturated carbocycles. The summed E-state index contributed by atoms with van der Waals surface area (Å²) in [4.78, 5) is 29.5. The molecule has 2 bridgehead atoms. The molecule has 5 rings (SSSR count). The van der Waals surface area contributed by atoms with E-state index in [4.69, 9.17) is 16.3 Å². The van der Waals surface area contributed by atoms with Crippen LogP contribution < -0.4 is 15.4 Å². The topological polar surface area (TPSA) is 101 Å². The first kappa shape index (κ1) is 23.4. The van der Waals surface area contributed by atoms with Gasteiger partial charge in [-0.1, -0.05) is 17.7 Å². The second-order valence-corrected chi connectivity index (χ2v) is 9.34. The molecule has 0 unspecified atom stereocenters. The van der Waals surface area contributed by atoms with E-state index in [9.17, 15) is 19.1 Å². The number of hydrogen-bond acceptors (Lipinski definition) is 5. The van der Waals surface area contributed by atoms with Crippen LogP contribution in [0.5, 0.6) is 5.75 Å². The van der Waals surface area contributed by atoms with E-state index in [1.54, 1.807) is 12.4 Å². The minimum absolute atomic E-state index is 0.0197. The van der Waals surface area contributed by atoms with Crippen LogP contribution in [-0.2, 0) is 16.0 Å². The zero-order valence-electron chi connectivity index (χ0n) is 18.2. The lowest BCUT2D eigenvalue weighted by atomic mass is 9.55. The fraction of sp³-hybridized carbons (Fsp3) is 0.458. The molecule has 0 aliphatic heterocycles. The normalized spacial score (nSPS) is 26.0. The fourth-order valence-electron chi connectivity index (χ4n) is 4.92. The quantitative estimate of drug-likeness (QED) is 0.545. The number of aromatic nitrogens is 1. The van der Waals surface area contributed by atoms with E-state index in [1.165, 1.54) is 12.1 Å². The van der Waals surface area contributed by atoms with Gasteiger partial charge in [-0.15, -0.1) is 0 Å². The van der Waals surface area contributed by atoms with E-state index in [2.05, 4.69) is 15.6 Å². The molecule has 176 valence electrons. The van der Waals surface area contributed by atoms with E-state index >= 15 is 0 Å². The van der Waals surface area contributed by atoms with Crippen LogP contribution in [0.25, 0.3) is 0 Å². The Hall–Kier alpha value is -2.71. The monoisotopic (exact) mass is 475 g/mol. The Morgan fingerprint density at radius 1 is 1.24 bits per heavy atom. The van der Waals surface area contributed by atoms with Gasteiger partial charge in [-0.05, 0) is 62.3 Å². The Kier molecular flexibility index (Phi) is 6.86. The first-order valence-corrected chi connectivity index (χ1v) is 11.4. The lowest BCUT2D eigenvalue weighted by Crippen LogP contribution is -2.65. The summed E-state index contributed by atoms with van der Waals surface area (Å²) < 4.78 is 18.9. The first-order valence-electron chi connectivity index (χ1n) is 11.1. The van der Waals surface area contributed by atoms with Gasteiger partial charge < -0.3 is 20.5 Å². The van der Waals surface area contributed by atoms with Gasteiger partial charge in [0.25, 0.3) is 5.91 Å². The minimum atomic E-state index is -0.843. The maximum Gasteiger partial charge on any atom is 0.258 e. The van der Waals surface area contributed by atoms with Crippen LogP contribution in [0, 0.1) is 11.2 Å². The van der Waals surface area contributed by atoms with Crippen LogP contribution in [-0.4, -0.2) is 46.7 Å². The van der Waals surface area contributed by atoms with Crippen LogP contribution >= 0.6 is 11.6 Å². The van der Waals surface area contributed by atoms with Crippen molar-refractivity contribution in [3.63, 3.8) is 0 Å². The van der Waals surface area contributed by atoms with Crippen molar-refractivity contribution in [3.8, 4) is 5.75 Å². The van der Waals surface area contributed by atoms with E-state index in [0.29, 0.717) is 45.1 Å². The van der Waals surface area contributed by atoms with Crippen molar-refractivity contribution >= 4 is 23.4 Å². The van der Waals surface area contributed by atoms with Crippen molar-refractivity contribution < 1.29 is 23.8 Å². The summed E-state index contributed by atoms with van der Waals surface area (Å²) in [7, 11) is 0. The molecule has 2 amide bonds. The molecule has 3 fully saturated rings. The highest BCUT2D eigenvalue weighted by molar-refractivity contribution is 6.30. The average Bonchev–Trinajstić information content (AvgIpc) is 2.81. The van der Waals surface area contributed by atoms with Crippen molar-refractivity contribution in [1.29, 1.82) is 0 Å². The maximum absolute atomic E-state index is 13.5. The Morgan fingerprint density at radius 2 is 2.03 bits per heavy atom. The summed E-state index contributed by atoms with van der Waals surface area (Å²) >= 11 is 5.65. The maximum atomic E-state index is 13.5. The third-order valence-corrected chi connectivity index (χ3v) is 7.17. The van der Waals surface area contributed by atoms with E-state index in [-0.39, 0.29) is 29.2 Å². The van der Waals surface area contributed by atoms with Crippen LogP contribution in [0.15, 0.2) is 42.7 Å². The number of aliphatic hydroxyl groups excluding tert-OH is 1. The molecule has 3 aliphatic rings. The standard InChI is InChI=1S/C24H27ClFN3O4/c25-18-4-3-17(12-19(18)26)33-15-21(31)29-23-6-8-24(9-7-23,20(30)13-23)22(32)28-11-5-16-2-1-10-27-14-16/h1-4,10,12,14,20,30H,5-9,11,13,15H2,(H,28,32)(H,29,31)/t20-,23?,24?/m0/s1. The number of fused-ring (bicyclic) bond motifs is 3. The number of nitrogens with one attached hydrogen (secondary N) is 2. The van der Waals surface area contributed by atoms with Gasteiger partial charge in [-0.25, -0.2) is 4.39 Å². The number of rotatable bonds is 8. The molecule has 1 heterocycles. The molecular formula is C24H27ClFN3O4. The summed E-state index contributed by atoms with van der Waals surface area (Å²) in [6, 6.07) is 7.79. The zero-order chi connectivity index (χ0) is 23.5. The number of hydrogen-bond donors (Lipinski definition) is 3. The van der Waals surface area contributed by atoms with E-state index in [1.807, 2.05) is 12.1 Å². The molecule has 1 aromatic heterocycles. The van der Waals surface area contributed by atoms with E-state index < -0.39 is 22.9 Å². The van der Waals surface area contributed by atoms with Gasteiger partial charge in [0, 0.05) is 30.5 Å². The van der Waals surface area contributed by atoms with Gasteiger partial charge in [-0.3, -0.25) is 14.6 Å². The van der Waals surface area contributed by atoms with Crippen molar-refractivity contribution in [2.45, 2.75) is 50.2 Å². The number of carbonyl (C=O) groups is 2. The third kappa shape index (κ3) is 5.12. The molecule has 0 spiro atoms. The SMILES string of the molecule is O=C(COc1ccc(Cl)c(F)c1)NC12CCC(C(=O)NCCc3cccnc3)(CC1)[C@@H](O)C2. The van der Waals surface area contributed by atoms with Crippen LogP contribution in [0.1, 0.15) is 37.7 Å². The highest BCUT2D eigenvalue weighted by Crippen LogP contribution is 2.52. The molecule has 3 N–H and O–H groups in total. The highest BCUT2D eigenvalue weighted by Gasteiger charge is 2.58. The van der Waals surface area contributed by atoms with E-state index in [0.717, 1.165) is 11.6 Å².